The van der Waals surface area contributed by atoms with E-state index in [0.29, 0.717) is 12.8 Å². The molecule has 4 N–H and O–H groups in total. The lowest BCUT2D eigenvalue weighted by Crippen LogP contribution is -2.43. The van der Waals surface area contributed by atoms with Gasteiger partial charge in [0.15, 0.2) is 0 Å². The number of sulfonamides is 1. The minimum Gasteiger partial charge on any atom is -0.480 e. The van der Waals surface area contributed by atoms with Crippen molar-refractivity contribution in [2.24, 2.45) is 0 Å². The second-order valence-corrected chi connectivity index (χ2v) is 10.9. The first kappa shape index (κ1) is 26.6. The first-order valence-electron chi connectivity index (χ1n) is 12.6. The molecule has 1 amide bonds. The number of carbonyl (C=O) groups excluding carboxylic acids is 1. The third-order valence-electron chi connectivity index (χ3n) is 6.42. The number of carboxylic acid groups (broad SMARTS) is 1. The molecule has 2 heterocycles. The molecule has 0 spiro atoms. The first-order valence-corrected chi connectivity index (χ1v) is 14.0. The van der Waals surface area contributed by atoms with Crippen molar-refractivity contribution in [3.05, 3.63) is 65.9 Å². The van der Waals surface area contributed by atoms with Crippen LogP contribution in [0.2, 0.25) is 0 Å². The van der Waals surface area contributed by atoms with Crippen molar-refractivity contribution >= 4 is 38.5 Å². The number of hydrogen-bond donors (Lipinski definition) is 4. The van der Waals surface area contributed by atoms with Gasteiger partial charge in [-0.15, -0.1) is 0 Å². The van der Waals surface area contributed by atoms with E-state index in [-0.39, 0.29) is 23.8 Å². The summed E-state index contributed by atoms with van der Waals surface area (Å²) in [7, 11) is -4.05. The molecule has 37 heavy (non-hydrogen) atoms. The van der Waals surface area contributed by atoms with Crippen LogP contribution in [-0.4, -0.2) is 49.5 Å². The molecule has 0 radical (unpaired) electrons. The molecule has 0 saturated heterocycles. The lowest BCUT2D eigenvalue weighted by atomic mass is 10.1. The summed E-state index contributed by atoms with van der Waals surface area (Å²) in [5, 5.41) is 17.2. The van der Waals surface area contributed by atoms with E-state index in [1.165, 1.54) is 17.7 Å². The van der Waals surface area contributed by atoms with Crippen LogP contribution in [0.1, 0.15) is 43.4 Å². The van der Waals surface area contributed by atoms with Crippen molar-refractivity contribution in [1.29, 1.82) is 0 Å². The number of aryl methyl sites for hydroxylation is 2. The van der Waals surface area contributed by atoms with E-state index in [0.717, 1.165) is 54.5 Å². The number of hydrogen-bond acceptors (Lipinski definition) is 6. The highest BCUT2D eigenvalue weighted by molar-refractivity contribution is 7.89. The Morgan fingerprint density at radius 2 is 1.86 bits per heavy atom. The van der Waals surface area contributed by atoms with Crippen molar-refractivity contribution in [2.75, 3.05) is 18.4 Å². The largest absolute Gasteiger partial charge is 0.480 e. The predicted molar refractivity (Wildman–Crippen MR) is 142 cm³/mol. The van der Waals surface area contributed by atoms with E-state index in [1.54, 1.807) is 18.2 Å². The van der Waals surface area contributed by atoms with Gasteiger partial charge in [-0.1, -0.05) is 36.4 Å². The van der Waals surface area contributed by atoms with Gasteiger partial charge in [0.05, 0.1) is 4.90 Å². The standard InChI is InChI=1S/C27H32N4O5S/c32-25(10-4-3-9-22-13-11-20-8-5-16-29-26(20)30-22)28-17-15-24(27(33)34)31-37(35,36)23-14-12-19-6-1-2-7-21(19)18-23/h1-2,6-7,11-14,18,24,31H,3-5,8-10,15-17H2,(H,28,32)(H,29,30)(H,33,34). The van der Waals surface area contributed by atoms with Gasteiger partial charge in [0, 0.05) is 25.2 Å². The van der Waals surface area contributed by atoms with Gasteiger partial charge in [-0.2, -0.15) is 4.72 Å². The second-order valence-electron chi connectivity index (χ2n) is 9.21. The number of nitrogens with one attached hydrogen (secondary N) is 3. The number of aromatic nitrogens is 1. The average Bonchev–Trinajstić information content (AvgIpc) is 2.90. The maximum absolute atomic E-state index is 12.8. The summed E-state index contributed by atoms with van der Waals surface area (Å²) in [4.78, 5) is 28.5. The van der Waals surface area contributed by atoms with Gasteiger partial charge in [-0.3, -0.25) is 9.59 Å². The maximum Gasteiger partial charge on any atom is 0.321 e. The van der Waals surface area contributed by atoms with Gasteiger partial charge >= 0.3 is 5.97 Å². The quantitative estimate of drug-likeness (QED) is 0.267. The van der Waals surface area contributed by atoms with Crippen LogP contribution in [0.15, 0.2) is 59.5 Å². The van der Waals surface area contributed by atoms with Gasteiger partial charge in [0.1, 0.15) is 11.9 Å². The molecule has 1 aliphatic heterocycles. The topological polar surface area (TPSA) is 137 Å². The van der Waals surface area contributed by atoms with Gasteiger partial charge in [-0.25, -0.2) is 13.4 Å². The van der Waals surface area contributed by atoms with Crippen LogP contribution in [0, 0.1) is 0 Å². The molecule has 0 bridgehead atoms. The summed E-state index contributed by atoms with van der Waals surface area (Å²) in [6.45, 7) is 0.991. The summed E-state index contributed by atoms with van der Waals surface area (Å²) < 4.78 is 27.8. The Morgan fingerprint density at radius 3 is 2.68 bits per heavy atom. The number of amides is 1. The molecule has 2 aromatic carbocycles. The predicted octanol–water partition coefficient (Wildman–Crippen LogP) is 3.24. The molecule has 10 heteroatoms. The fourth-order valence-corrected chi connectivity index (χ4v) is 5.63. The lowest BCUT2D eigenvalue weighted by molar-refractivity contribution is -0.139. The lowest BCUT2D eigenvalue weighted by Gasteiger charge is -2.17. The third-order valence-corrected chi connectivity index (χ3v) is 7.89. The molecule has 9 nitrogen and oxygen atoms in total. The Kier molecular flexibility index (Phi) is 8.73. The van der Waals surface area contributed by atoms with Crippen molar-refractivity contribution in [3.8, 4) is 0 Å². The molecular weight excluding hydrogens is 492 g/mol. The van der Waals surface area contributed by atoms with Crippen LogP contribution in [0.4, 0.5) is 5.82 Å². The molecule has 0 aliphatic carbocycles. The highest BCUT2D eigenvalue weighted by atomic mass is 32.2. The number of carboxylic acids is 1. The van der Waals surface area contributed by atoms with E-state index in [1.807, 2.05) is 18.2 Å². The average molecular weight is 525 g/mol. The Bertz CT molecular complexity index is 1380. The molecule has 0 fully saturated rings. The molecule has 3 aromatic rings. The molecule has 196 valence electrons. The number of unbranched alkanes of at least 4 members (excludes halogenated alkanes) is 1. The monoisotopic (exact) mass is 524 g/mol. The maximum atomic E-state index is 12.8. The van der Waals surface area contributed by atoms with Gasteiger partial charge < -0.3 is 15.7 Å². The van der Waals surface area contributed by atoms with Crippen LogP contribution < -0.4 is 15.4 Å². The summed E-state index contributed by atoms with van der Waals surface area (Å²) in [6, 6.07) is 14.7. The summed E-state index contributed by atoms with van der Waals surface area (Å²) in [6.07, 6.45) is 4.66. The summed E-state index contributed by atoms with van der Waals surface area (Å²) in [5.74, 6) is -0.530. The normalized spacial score (nSPS) is 13.9. The van der Waals surface area contributed by atoms with Gasteiger partial charge in [0.25, 0.3) is 0 Å². The molecule has 1 aromatic heterocycles. The van der Waals surface area contributed by atoms with Crippen LogP contribution in [0.25, 0.3) is 10.8 Å². The molecule has 1 unspecified atom stereocenters. The Hall–Kier alpha value is -3.50. The summed E-state index contributed by atoms with van der Waals surface area (Å²) in [5.41, 5.74) is 2.24. The van der Waals surface area contributed by atoms with Crippen molar-refractivity contribution in [1.82, 2.24) is 15.0 Å². The van der Waals surface area contributed by atoms with Crippen molar-refractivity contribution in [2.45, 2.75) is 55.9 Å². The van der Waals surface area contributed by atoms with Crippen molar-refractivity contribution in [3.63, 3.8) is 0 Å². The number of carbonyl (C=O) groups is 2. The Labute approximate surface area is 216 Å². The summed E-state index contributed by atoms with van der Waals surface area (Å²) >= 11 is 0. The number of anilines is 1. The first-order chi connectivity index (χ1) is 17.8. The van der Waals surface area contributed by atoms with Crippen LogP contribution in [0.5, 0.6) is 0 Å². The fourth-order valence-electron chi connectivity index (χ4n) is 4.37. The Morgan fingerprint density at radius 1 is 1.05 bits per heavy atom. The molecule has 1 atom stereocenters. The van der Waals surface area contributed by atoms with E-state index in [2.05, 4.69) is 26.4 Å². The highest BCUT2D eigenvalue weighted by Crippen LogP contribution is 2.21. The van der Waals surface area contributed by atoms with E-state index in [9.17, 15) is 23.1 Å². The second kappa shape index (κ2) is 12.2. The molecule has 4 rings (SSSR count). The number of pyridine rings is 1. The zero-order valence-electron chi connectivity index (χ0n) is 20.6. The smallest absolute Gasteiger partial charge is 0.321 e. The molecule has 1 aliphatic rings. The number of fused-ring (bicyclic) bond motifs is 2. The molecular formula is C27H32N4O5S. The van der Waals surface area contributed by atoms with E-state index >= 15 is 0 Å². The van der Waals surface area contributed by atoms with Crippen LogP contribution in [0.3, 0.4) is 0 Å². The number of nitrogens with zero attached hydrogens (tertiary/aromatic N) is 1. The van der Waals surface area contributed by atoms with Crippen LogP contribution >= 0.6 is 0 Å². The third kappa shape index (κ3) is 7.27. The Balaban J connectivity index is 1.20. The minimum atomic E-state index is -4.05. The minimum absolute atomic E-state index is 0.00863. The highest BCUT2D eigenvalue weighted by Gasteiger charge is 2.25. The zero-order valence-corrected chi connectivity index (χ0v) is 21.4. The molecule has 0 saturated carbocycles. The van der Waals surface area contributed by atoms with Crippen LogP contribution in [-0.2, 0) is 32.5 Å². The number of benzene rings is 2. The fraction of sp³-hybridized carbons (Fsp3) is 0.370. The number of rotatable bonds is 12. The SMILES string of the molecule is O=C(CCCCc1ccc2c(n1)NCCC2)NCCC(NS(=O)(=O)c1ccc2ccccc2c1)C(=O)O. The van der Waals surface area contributed by atoms with E-state index < -0.39 is 22.0 Å². The van der Waals surface area contributed by atoms with Gasteiger partial charge in [0.2, 0.25) is 15.9 Å². The van der Waals surface area contributed by atoms with Crippen molar-refractivity contribution < 1.29 is 23.1 Å². The zero-order chi connectivity index (χ0) is 26.3. The number of aliphatic carboxylic acids is 1. The van der Waals surface area contributed by atoms with E-state index in [4.69, 9.17) is 0 Å². The van der Waals surface area contributed by atoms with Gasteiger partial charge in [-0.05, 0) is 73.1 Å².